The molecule has 1 N–H and O–H groups in total. The minimum Gasteiger partial charge on any atom is -0.395 e. The smallest absolute Gasteiger partial charge is 0.253 e. The topological polar surface area (TPSA) is 64.1 Å². The Hall–Kier alpha value is -2.70. The highest BCUT2D eigenvalue weighted by Gasteiger charge is 2.49. The van der Waals surface area contributed by atoms with Gasteiger partial charge in [0.2, 0.25) is 5.91 Å². The Kier molecular flexibility index (Phi) is 7.44. The van der Waals surface area contributed by atoms with Crippen LogP contribution in [0, 0.1) is 5.92 Å². The van der Waals surface area contributed by atoms with Gasteiger partial charge in [-0.1, -0.05) is 49.2 Å². The van der Waals surface area contributed by atoms with Gasteiger partial charge in [0.05, 0.1) is 6.61 Å². The van der Waals surface area contributed by atoms with E-state index in [2.05, 4.69) is 34.1 Å². The largest absolute Gasteiger partial charge is 0.395 e. The molecule has 0 spiro atoms. The SMILES string of the molecule is CN(C)C(=O)c1ccc(-c2ccc([C@@H]3[C@H](CO)N4CCCCN(C(=O)C5CCCC5)C[C@@H]34)cc2)cc1. The van der Waals surface area contributed by atoms with E-state index in [9.17, 15) is 14.7 Å². The van der Waals surface area contributed by atoms with Gasteiger partial charge in [-0.05, 0) is 61.1 Å². The summed E-state index contributed by atoms with van der Waals surface area (Å²) in [5, 5.41) is 10.3. The number of carbonyl (C=O) groups excluding carboxylic acids is 2. The van der Waals surface area contributed by atoms with Gasteiger partial charge >= 0.3 is 0 Å². The molecule has 3 fully saturated rings. The fourth-order valence-electron chi connectivity index (χ4n) is 6.53. The molecule has 0 unspecified atom stereocenters. The minimum atomic E-state index is 0.00105. The highest BCUT2D eigenvalue weighted by molar-refractivity contribution is 5.94. The van der Waals surface area contributed by atoms with Gasteiger partial charge in [0.15, 0.2) is 0 Å². The molecule has 6 nitrogen and oxygen atoms in total. The Morgan fingerprint density at radius 2 is 1.50 bits per heavy atom. The maximum Gasteiger partial charge on any atom is 0.253 e. The highest BCUT2D eigenvalue weighted by Crippen LogP contribution is 2.42. The van der Waals surface area contributed by atoms with Crippen molar-refractivity contribution in [3.05, 3.63) is 59.7 Å². The summed E-state index contributed by atoms with van der Waals surface area (Å²) in [5.74, 6) is 0.790. The first-order valence-electron chi connectivity index (χ1n) is 13.6. The van der Waals surface area contributed by atoms with Crippen LogP contribution in [0.5, 0.6) is 0 Å². The van der Waals surface area contributed by atoms with E-state index in [4.69, 9.17) is 0 Å². The zero-order valence-electron chi connectivity index (χ0n) is 21.6. The van der Waals surface area contributed by atoms with Crippen molar-refractivity contribution in [1.82, 2.24) is 14.7 Å². The molecule has 2 aromatic rings. The van der Waals surface area contributed by atoms with E-state index in [1.807, 2.05) is 24.3 Å². The van der Waals surface area contributed by atoms with Crippen molar-refractivity contribution in [1.29, 1.82) is 0 Å². The lowest BCUT2D eigenvalue weighted by Gasteiger charge is -2.57. The second-order valence-electron chi connectivity index (χ2n) is 11.0. The van der Waals surface area contributed by atoms with Crippen molar-refractivity contribution in [2.24, 2.45) is 5.92 Å². The molecule has 1 aliphatic carbocycles. The van der Waals surface area contributed by atoms with Crippen LogP contribution in [0.1, 0.15) is 60.4 Å². The molecule has 0 radical (unpaired) electrons. The molecule has 2 aromatic carbocycles. The van der Waals surface area contributed by atoms with E-state index in [-0.39, 0.29) is 36.4 Å². The predicted octanol–water partition coefficient (Wildman–Crippen LogP) is 4.00. The van der Waals surface area contributed by atoms with Crippen LogP contribution in [0.15, 0.2) is 48.5 Å². The summed E-state index contributed by atoms with van der Waals surface area (Å²) in [6.07, 6.45) is 6.54. The molecule has 3 aliphatic rings. The van der Waals surface area contributed by atoms with E-state index in [1.165, 1.54) is 18.4 Å². The number of amides is 2. The first-order chi connectivity index (χ1) is 17.5. The zero-order valence-corrected chi connectivity index (χ0v) is 21.6. The number of benzene rings is 2. The second kappa shape index (κ2) is 10.7. The maximum absolute atomic E-state index is 13.3. The van der Waals surface area contributed by atoms with E-state index >= 15 is 0 Å². The van der Waals surface area contributed by atoms with Gasteiger partial charge in [-0.25, -0.2) is 0 Å². The summed E-state index contributed by atoms with van der Waals surface area (Å²) in [7, 11) is 3.52. The second-order valence-corrected chi connectivity index (χ2v) is 11.0. The van der Waals surface area contributed by atoms with Crippen molar-refractivity contribution < 1.29 is 14.7 Å². The van der Waals surface area contributed by atoms with Crippen molar-refractivity contribution in [2.45, 2.75) is 56.5 Å². The highest BCUT2D eigenvalue weighted by atomic mass is 16.3. The molecular formula is C30H39N3O3. The van der Waals surface area contributed by atoms with Crippen LogP contribution < -0.4 is 0 Å². The number of nitrogens with zero attached hydrogens (tertiary/aromatic N) is 3. The van der Waals surface area contributed by atoms with Crippen LogP contribution in [0.4, 0.5) is 0 Å². The van der Waals surface area contributed by atoms with Crippen LogP contribution in [0.2, 0.25) is 0 Å². The third-order valence-corrected chi connectivity index (χ3v) is 8.55. The van der Waals surface area contributed by atoms with E-state index in [1.54, 1.807) is 19.0 Å². The molecule has 6 heteroatoms. The Bertz CT molecular complexity index is 1060. The molecule has 0 bridgehead atoms. The number of carbonyl (C=O) groups is 2. The number of aliphatic hydroxyl groups excluding tert-OH is 1. The van der Waals surface area contributed by atoms with Gasteiger partial charge in [0, 0.05) is 56.7 Å². The number of hydrogen-bond donors (Lipinski definition) is 1. The summed E-state index contributed by atoms with van der Waals surface area (Å²) in [4.78, 5) is 31.6. The molecule has 2 heterocycles. The standard InChI is InChI=1S/C30H39N3O3/c1-31(2)29(35)25-15-11-22(12-16-25)21-9-13-23(14-10-21)28-26-19-32(30(36)24-7-3-4-8-24)17-5-6-18-33(26)27(28)20-34/h9-16,24,26-28,34H,3-8,17-20H2,1-2H3/t26-,27-,28-/m0/s1. The van der Waals surface area contributed by atoms with Crippen molar-refractivity contribution >= 4 is 11.8 Å². The van der Waals surface area contributed by atoms with Gasteiger partial charge in [0.25, 0.3) is 5.91 Å². The van der Waals surface area contributed by atoms with E-state index in [0.29, 0.717) is 11.5 Å². The third-order valence-electron chi connectivity index (χ3n) is 8.55. The van der Waals surface area contributed by atoms with Crippen LogP contribution in [0.25, 0.3) is 11.1 Å². The Balaban J connectivity index is 1.33. The third kappa shape index (κ3) is 4.81. The van der Waals surface area contributed by atoms with Crippen LogP contribution in [-0.4, -0.2) is 84.0 Å². The van der Waals surface area contributed by atoms with Gasteiger partial charge in [-0.3, -0.25) is 14.5 Å². The van der Waals surface area contributed by atoms with Gasteiger partial charge in [-0.2, -0.15) is 0 Å². The zero-order chi connectivity index (χ0) is 25.2. The van der Waals surface area contributed by atoms with Gasteiger partial charge < -0.3 is 14.9 Å². The molecule has 3 atom stereocenters. The number of aliphatic hydroxyl groups is 1. The molecular weight excluding hydrogens is 450 g/mol. The quantitative estimate of drug-likeness (QED) is 0.690. The average Bonchev–Trinajstić information content (AvgIpc) is 3.42. The average molecular weight is 490 g/mol. The predicted molar refractivity (Wildman–Crippen MR) is 142 cm³/mol. The fourth-order valence-corrected chi connectivity index (χ4v) is 6.53. The molecule has 192 valence electrons. The number of fused-ring (bicyclic) bond motifs is 1. The van der Waals surface area contributed by atoms with Crippen molar-refractivity contribution in [3.63, 3.8) is 0 Å². The summed E-state index contributed by atoms with van der Waals surface area (Å²) in [6.45, 7) is 2.76. The van der Waals surface area contributed by atoms with E-state index < -0.39 is 0 Å². The Labute approximate surface area is 214 Å². The maximum atomic E-state index is 13.3. The Morgan fingerprint density at radius 3 is 2.11 bits per heavy atom. The first kappa shape index (κ1) is 25.0. The molecule has 5 rings (SSSR count). The van der Waals surface area contributed by atoms with Crippen LogP contribution in [0.3, 0.4) is 0 Å². The fraction of sp³-hybridized carbons (Fsp3) is 0.533. The monoisotopic (exact) mass is 489 g/mol. The lowest BCUT2D eigenvalue weighted by molar-refractivity contribution is -0.140. The lowest BCUT2D eigenvalue weighted by Crippen LogP contribution is -2.68. The van der Waals surface area contributed by atoms with Gasteiger partial charge in [-0.15, -0.1) is 0 Å². The summed E-state index contributed by atoms with van der Waals surface area (Å²) < 4.78 is 0. The van der Waals surface area contributed by atoms with E-state index in [0.717, 1.165) is 56.4 Å². The molecule has 0 aromatic heterocycles. The summed E-state index contributed by atoms with van der Waals surface area (Å²) in [6, 6.07) is 16.8. The minimum absolute atomic E-state index is 0.00105. The number of hydrogen-bond acceptors (Lipinski definition) is 4. The van der Waals surface area contributed by atoms with Crippen LogP contribution >= 0.6 is 0 Å². The molecule has 2 saturated heterocycles. The van der Waals surface area contributed by atoms with Gasteiger partial charge in [0.1, 0.15) is 0 Å². The summed E-state index contributed by atoms with van der Waals surface area (Å²) >= 11 is 0. The molecule has 36 heavy (non-hydrogen) atoms. The summed E-state index contributed by atoms with van der Waals surface area (Å²) in [5.41, 5.74) is 4.09. The Morgan fingerprint density at radius 1 is 0.889 bits per heavy atom. The normalized spacial score (nSPS) is 25.0. The molecule has 1 saturated carbocycles. The van der Waals surface area contributed by atoms with Crippen molar-refractivity contribution in [2.75, 3.05) is 40.3 Å². The molecule has 2 aliphatic heterocycles. The first-order valence-corrected chi connectivity index (χ1v) is 13.6. The number of rotatable bonds is 5. The lowest BCUT2D eigenvalue weighted by atomic mass is 9.74. The molecule has 2 amide bonds. The van der Waals surface area contributed by atoms with Crippen molar-refractivity contribution in [3.8, 4) is 11.1 Å². The van der Waals surface area contributed by atoms with Crippen LogP contribution in [-0.2, 0) is 4.79 Å².